The number of aromatic amines is 2. The highest BCUT2D eigenvalue weighted by molar-refractivity contribution is 5.73. The van der Waals surface area contributed by atoms with Crippen molar-refractivity contribution in [2.45, 2.75) is 19.1 Å². The Bertz CT molecular complexity index is 726. The molecule has 0 radical (unpaired) electrons. The van der Waals surface area contributed by atoms with Crippen LogP contribution in [-0.4, -0.2) is 40.5 Å². The van der Waals surface area contributed by atoms with Crippen molar-refractivity contribution in [2.75, 3.05) is 13.2 Å². The molecule has 0 saturated heterocycles. The number of nitrogens with zero attached hydrogens (tertiary/aromatic N) is 1. The van der Waals surface area contributed by atoms with Gasteiger partial charge in [-0.3, -0.25) is 4.98 Å². The molecule has 9 nitrogen and oxygen atoms in total. The Kier molecular flexibility index (Phi) is 4.46. The molecule has 1 aliphatic rings. The first-order chi connectivity index (χ1) is 11.2. The van der Waals surface area contributed by atoms with E-state index in [1.807, 2.05) is 24.3 Å². The third kappa shape index (κ3) is 4.02. The average molecular weight is 319 g/mol. The van der Waals surface area contributed by atoms with Gasteiger partial charge in [0.15, 0.2) is 11.5 Å². The molecule has 4 N–H and O–H groups in total. The number of aromatic nitrogens is 3. The van der Waals surface area contributed by atoms with E-state index < -0.39 is 5.69 Å². The Hall–Kier alpha value is -2.97. The van der Waals surface area contributed by atoms with Crippen LogP contribution in [0.1, 0.15) is 12.2 Å². The number of amides is 2. The summed E-state index contributed by atoms with van der Waals surface area (Å²) in [5, 5.41) is 11.2. The van der Waals surface area contributed by atoms with E-state index in [2.05, 4.69) is 25.8 Å². The Morgan fingerprint density at radius 1 is 1.30 bits per heavy atom. The van der Waals surface area contributed by atoms with Gasteiger partial charge in [0.05, 0.1) is 6.54 Å². The molecule has 23 heavy (non-hydrogen) atoms. The van der Waals surface area contributed by atoms with Gasteiger partial charge >= 0.3 is 11.7 Å². The van der Waals surface area contributed by atoms with Crippen LogP contribution in [0.15, 0.2) is 29.1 Å². The van der Waals surface area contributed by atoms with Gasteiger partial charge in [-0.1, -0.05) is 12.1 Å². The standard InChI is InChI=1S/C14H17N5O4/c20-13(16-7-12-17-14(21)19-18-12)15-6-5-9-8-22-10-3-1-2-4-11(10)23-9/h1-4,9H,5-8H2,(H2,15,16,20)(H2,17,18,19,21). The molecule has 1 aromatic heterocycles. The van der Waals surface area contributed by atoms with Gasteiger partial charge in [0.25, 0.3) is 0 Å². The number of carbonyl (C=O) groups excluding carboxylic acids is 1. The minimum atomic E-state index is -0.406. The van der Waals surface area contributed by atoms with Crippen molar-refractivity contribution in [3.8, 4) is 11.5 Å². The predicted molar refractivity (Wildman–Crippen MR) is 80.4 cm³/mol. The number of carbonyl (C=O) groups is 1. The molecule has 9 heteroatoms. The SMILES string of the molecule is O=C(NCCC1COc2ccccc2O1)NCc1n[nH]c(=O)[nH]1. The maximum Gasteiger partial charge on any atom is 0.340 e. The summed E-state index contributed by atoms with van der Waals surface area (Å²) in [4.78, 5) is 24.9. The second-order valence-electron chi connectivity index (χ2n) is 5.02. The highest BCUT2D eigenvalue weighted by atomic mass is 16.6. The van der Waals surface area contributed by atoms with Crippen LogP contribution in [0.25, 0.3) is 0 Å². The van der Waals surface area contributed by atoms with Gasteiger partial charge in [-0.2, -0.15) is 5.10 Å². The minimum Gasteiger partial charge on any atom is -0.486 e. The summed E-state index contributed by atoms with van der Waals surface area (Å²) in [5.41, 5.74) is -0.406. The van der Waals surface area contributed by atoms with Crippen molar-refractivity contribution in [3.63, 3.8) is 0 Å². The molecule has 0 bridgehead atoms. The van der Waals surface area contributed by atoms with Crippen molar-refractivity contribution in [2.24, 2.45) is 0 Å². The van der Waals surface area contributed by atoms with E-state index in [1.165, 1.54) is 0 Å². The lowest BCUT2D eigenvalue weighted by Gasteiger charge is -2.26. The first-order valence-corrected chi connectivity index (χ1v) is 7.24. The molecule has 2 heterocycles. The lowest BCUT2D eigenvalue weighted by atomic mass is 10.2. The van der Waals surface area contributed by atoms with Crippen molar-refractivity contribution < 1.29 is 14.3 Å². The first-order valence-electron chi connectivity index (χ1n) is 7.24. The molecule has 0 fully saturated rings. The monoisotopic (exact) mass is 319 g/mol. The zero-order valence-corrected chi connectivity index (χ0v) is 12.3. The van der Waals surface area contributed by atoms with E-state index in [1.54, 1.807) is 0 Å². The molecule has 2 amide bonds. The van der Waals surface area contributed by atoms with E-state index in [0.29, 0.717) is 25.4 Å². The van der Waals surface area contributed by atoms with E-state index in [0.717, 1.165) is 11.5 Å². The quantitative estimate of drug-likeness (QED) is 0.624. The Labute approximate surface area is 131 Å². The van der Waals surface area contributed by atoms with Gasteiger partial charge in [-0.15, -0.1) is 0 Å². The van der Waals surface area contributed by atoms with E-state index in [-0.39, 0.29) is 18.7 Å². The third-order valence-electron chi connectivity index (χ3n) is 3.29. The number of benzene rings is 1. The number of urea groups is 1. The molecule has 122 valence electrons. The maximum absolute atomic E-state index is 11.6. The summed E-state index contributed by atoms with van der Waals surface area (Å²) in [7, 11) is 0. The minimum absolute atomic E-state index is 0.104. The fourth-order valence-corrected chi connectivity index (χ4v) is 2.17. The predicted octanol–water partition coefficient (Wildman–Crippen LogP) is 0.127. The normalized spacial score (nSPS) is 15.9. The lowest BCUT2D eigenvalue weighted by Crippen LogP contribution is -2.39. The summed E-state index contributed by atoms with van der Waals surface area (Å²) < 4.78 is 11.4. The van der Waals surface area contributed by atoms with Gasteiger partial charge in [0.2, 0.25) is 0 Å². The number of hydrogen-bond acceptors (Lipinski definition) is 5. The van der Waals surface area contributed by atoms with E-state index in [4.69, 9.17) is 9.47 Å². The topological polar surface area (TPSA) is 121 Å². The van der Waals surface area contributed by atoms with Crippen molar-refractivity contribution in [1.82, 2.24) is 25.8 Å². The molecular formula is C14H17N5O4. The van der Waals surface area contributed by atoms with Crippen molar-refractivity contribution in [1.29, 1.82) is 0 Å². The fourth-order valence-electron chi connectivity index (χ4n) is 2.17. The van der Waals surface area contributed by atoms with Crippen LogP contribution in [0.2, 0.25) is 0 Å². The number of H-pyrrole nitrogens is 2. The summed E-state index contributed by atoms with van der Waals surface area (Å²) in [5.74, 6) is 1.82. The molecule has 2 aromatic rings. The van der Waals surface area contributed by atoms with Gasteiger partial charge in [-0.05, 0) is 12.1 Å². The van der Waals surface area contributed by atoms with Crippen LogP contribution in [0.5, 0.6) is 11.5 Å². The molecule has 0 saturated carbocycles. The second kappa shape index (κ2) is 6.86. The molecule has 1 aliphatic heterocycles. The van der Waals surface area contributed by atoms with Crippen LogP contribution in [0.4, 0.5) is 4.79 Å². The van der Waals surface area contributed by atoms with Crippen molar-refractivity contribution in [3.05, 3.63) is 40.6 Å². The fraction of sp³-hybridized carbons (Fsp3) is 0.357. The molecule has 1 unspecified atom stereocenters. The van der Waals surface area contributed by atoms with Crippen LogP contribution < -0.4 is 25.8 Å². The van der Waals surface area contributed by atoms with Gasteiger partial charge in [0.1, 0.15) is 18.5 Å². The van der Waals surface area contributed by atoms with Gasteiger partial charge in [0, 0.05) is 13.0 Å². The van der Waals surface area contributed by atoms with E-state index >= 15 is 0 Å². The Balaban J connectivity index is 1.36. The van der Waals surface area contributed by atoms with Gasteiger partial charge < -0.3 is 20.1 Å². The van der Waals surface area contributed by atoms with Crippen molar-refractivity contribution >= 4 is 6.03 Å². The lowest BCUT2D eigenvalue weighted by molar-refractivity contribution is 0.0853. The molecule has 0 spiro atoms. The maximum atomic E-state index is 11.6. The number of para-hydroxylation sites is 2. The Morgan fingerprint density at radius 2 is 2.13 bits per heavy atom. The zero-order chi connectivity index (χ0) is 16.1. The number of nitrogens with one attached hydrogen (secondary N) is 4. The summed E-state index contributed by atoms with van der Waals surface area (Å²) >= 11 is 0. The average Bonchev–Trinajstić information content (AvgIpc) is 2.98. The molecule has 1 aromatic carbocycles. The number of ether oxygens (including phenoxy) is 2. The number of hydrogen-bond donors (Lipinski definition) is 4. The van der Waals surface area contributed by atoms with Crippen LogP contribution >= 0.6 is 0 Å². The Morgan fingerprint density at radius 3 is 2.91 bits per heavy atom. The molecule has 3 rings (SSSR count). The van der Waals surface area contributed by atoms with Gasteiger partial charge in [-0.25, -0.2) is 14.7 Å². The number of fused-ring (bicyclic) bond motifs is 1. The van der Waals surface area contributed by atoms with Crippen LogP contribution in [0, 0.1) is 0 Å². The zero-order valence-electron chi connectivity index (χ0n) is 12.3. The van der Waals surface area contributed by atoms with E-state index in [9.17, 15) is 9.59 Å². The highest BCUT2D eigenvalue weighted by Gasteiger charge is 2.20. The third-order valence-corrected chi connectivity index (χ3v) is 3.29. The first kappa shape index (κ1) is 14.9. The molecule has 0 aliphatic carbocycles. The highest BCUT2D eigenvalue weighted by Crippen LogP contribution is 2.31. The van der Waals surface area contributed by atoms with Crippen LogP contribution in [-0.2, 0) is 6.54 Å². The largest absolute Gasteiger partial charge is 0.486 e. The molecular weight excluding hydrogens is 302 g/mol. The summed E-state index contributed by atoms with van der Waals surface area (Å²) in [6, 6.07) is 7.14. The second-order valence-corrected chi connectivity index (χ2v) is 5.02. The number of rotatable bonds is 5. The van der Waals surface area contributed by atoms with Crippen LogP contribution in [0.3, 0.4) is 0 Å². The smallest absolute Gasteiger partial charge is 0.340 e. The molecule has 1 atom stereocenters. The summed E-state index contributed by atoms with van der Waals surface area (Å²) in [6.45, 7) is 1.04. The summed E-state index contributed by atoms with van der Waals surface area (Å²) in [6.07, 6.45) is 0.522.